The van der Waals surface area contributed by atoms with Gasteiger partial charge in [-0.25, -0.2) is 8.78 Å². The molecule has 2 aromatic rings. The molecule has 19 heavy (non-hydrogen) atoms. The quantitative estimate of drug-likeness (QED) is 0.911. The summed E-state index contributed by atoms with van der Waals surface area (Å²) in [6.45, 7) is 0. The fourth-order valence-electron chi connectivity index (χ4n) is 1.57. The van der Waals surface area contributed by atoms with E-state index in [-0.39, 0.29) is 18.0 Å². The zero-order valence-electron chi connectivity index (χ0n) is 9.79. The predicted molar refractivity (Wildman–Crippen MR) is 70.1 cm³/mol. The van der Waals surface area contributed by atoms with Crippen molar-refractivity contribution in [1.82, 2.24) is 0 Å². The Balaban J connectivity index is 2.03. The number of anilines is 1. The van der Waals surface area contributed by atoms with Gasteiger partial charge in [0.1, 0.15) is 11.6 Å². The van der Waals surface area contributed by atoms with Crippen LogP contribution in [0.3, 0.4) is 0 Å². The summed E-state index contributed by atoms with van der Waals surface area (Å²) >= 11 is 5.73. The molecule has 5 heteroatoms. The van der Waals surface area contributed by atoms with Crippen LogP contribution in [0.1, 0.15) is 5.56 Å². The average Bonchev–Trinajstić information content (AvgIpc) is 2.36. The summed E-state index contributed by atoms with van der Waals surface area (Å²) < 4.78 is 26.0. The Bertz CT molecular complexity index is 599. The number of hydrogen-bond acceptors (Lipinski definition) is 1. The lowest BCUT2D eigenvalue weighted by atomic mass is 10.1. The van der Waals surface area contributed by atoms with Crippen LogP contribution in [0, 0.1) is 11.6 Å². The first-order valence-electron chi connectivity index (χ1n) is 5.54. The Hall–Kier alpha value is -1.94. The fourth-order valence-corrected chi connectivity index (χ4v) is 1.70. The summed E-state index contributed by atoms with van der Waals surface area (Å²) in [5.41, 5.74) is 0.713. The number of rotatable bonds is 3. The van der Waals surface area contributed by atoms with Crippen LogP contribution in [-0.2, 0) is 11.2 Å². The first kappa shape index (κ1) is 13.5. The highest BCUT2D eigenvalue weighted by atomic mass is 35.5. The maximum Gasteiger partial charge on any atom is 0.228 e. The molecule has 2 rings (SSSR count). The summed E-state index contributed by atoms with van der Waals surface area (Å²) in [4.78, 5) is 11.7. The molecule has 2 aromatic carbocycles. The van der Waals surface area contributed by atoms with E-state index in [2.05, 4.69) is 5.32 Å². The number of carbonyl (C=O) groups excluding carboxylic acids is 1. The standard InChI is InChI=1S/C14H10ClF2NO/c15-10-3-1-9(2-4-10)7-14(19)18-13-6-5-11(16)8-12(13)17/h1-6,8H,7H2,(H,18,19). The molecule has 0 bridgehead atoms. The van der Waals surface area contributed by atoms with E-state index in [0.29, 0.717) is 5.02 Å². The van der Waals surface area contributed by atoms with E-state index in [9.17, 15) is 13.6 Å². The van der Waals surface area contributed by atoms with Crippen molar-refractivity contribution in [2.75, 3.05) is 5.32 Å². The summed E-state index contributed by atoms with van der Waals surface area (Å²) in [6.07, 6.45) is 0.0913. The second-order valence-corrected chi connectivity index (χ2v) is 4.41. The normalized spacial score (nSPS) is 10.3. The van der Waals surface area contributed by atoms with Gasteiger partial charge in [0.25, 0.3) is 0 Å². The van der Waals surface area contributed by atoms with Crippen molar-refractivity contribution in [1.29, 1.82) is 0 Å². The molecule has 0 aliphatic carbocycles. The third-order valence-corrected chi connectivity index (χ3v) is 2.74. The predicted octanol–water partition coefficient (Wildman–Crippen LogP) is 3.80. The van der Waals surface area contributed by atoms with Crippen LogP contribution in [0.25, 0.3) is 0 Å². The second-order valence-electron chi connectivity index (χ2n) is 3.98. The van der Waals surface area contributed by atoms with Crippen molar-refractivity contribution in [2.45, 2.75) is 6.42 Å². The smallest absolute Gasteiger partial charge is 0.228 e. The van der Waals surface area contributed by atoms with Gasteiger partial charge in [-0.1, -0.05) is 23.7 Å². The van der Waals surface area contributed by atoms with Gasteiger partial charge in [0.2, 0.25) is 5.91 Å². The van der Waals surface area contributed by atoms with E-state index in [1.807, 2.05) is 0 Å². The Morgan fingerprint density at radius 1 is 1.11 bits per heavy atom. The summed E-state index contributed by atoms with van der Waals surface area (Å²) in [7, 11) is 0. The van der Waals surface area contributed by atoms with Crippen LogP contribution in [0.2, 0.25) is 5.02 Å². The molecule has 0 atom stereocenters. The molecule has 0 aromatic heterocycles. The highest BCUT2D eigenvalue weighted by Crippen LogP contribution is 2.16. The third kappa shape index (κ3) is 3.76. The van der Waals surface area contributed by atoms with Crippen molar-refractivity contribution >= 4 is 23.2 Å². The highest BCUT2D eigenvalue weighted by Gasteiger charge is 2.08. The minimum atomic E-state index is -0.801. The van der Waals surface area contributed by atoms with E-state index in [1.165, 1.54) is 6.07 Å². The zero-order valence-corrected chi connectivity index (χ0v) is 10.5. The van der Waals surface area contributed by atoms with Gasteiger partial charge in [-0.15, -0.1) is 0 Å². The van der Waals surface area contributed by atoms with Gasteiger partial charge in [-0.05, 0) is 29.8 Å². The Morgan fingerprint density at radius 2 is 1.79 bits per heavy atom. The first-order chi connectivity index (χ1) is 9.04. The van der Waals surface area contributed by atoms with E-state index in [1.54, 1.807) is 24.3 Å². The molecule has 1 N–H and O–H groups in total. The summed E-state index contributed by atoms with van der Waals surface area (Å²) in [5.74, 6) is -1.87. The molecule has 2 nitrogen and oxygen atoms in total. The van der Waals surface area contributed by atoms with Gasteiger partial charge in [0, 0.05) is 11.1 Å². The average molecular weight is 282 g/mol. The van der Waals surface area contributed by atoms with E-state index >= 15 is 0 Å². The van der Waals surface area contributed by atoms with Gasteiger partial charge in [0.15, 0.2) is 0 Å². The lowest BCUT2D eigenvalue weighted by molar-refractivity contribution is -0.115. The molecule has 0 heterocycles. The van der Waals surface area contributed by atoms with Crippen molar-refractivity contribution in [3.05, 3.63) is 64.7 Å². The largest absolute Gasteiger partial charge is 0.323 e. The number of carbonyl (C=O) groups is 1. The van der Waals surface area contributed by atoms with Gasteiger partial charge >= 0.3 is 0 Å². The molecular weight excluding hydrogens is 272 g/mol. The van der Waals surface area contributed by atoms with Crippen LogP contribution >= 0.6 is 11.6 Å². The number of halogens is 3. The number of amides is 1. The zero-order chi connectivity index (χ0) is 13.8. The van der Waals surface area contributed by atoms with Crippen LogP contribution in [0.15, 0.2) is 42.5 Å². The monoisotopic (exact) mass is 281 g/mol. The Kier molecular flexibility index (Phi) is 4.12. The molecule has 0 saturated carbocycles. The number of benzene rings is 2. The second kappa shape index (κ2) is 5.80. The fraction of sp³-hybridized carbons (Fsp3) is 0.0714. The van der Waals surface area contributed by atoms with Crippen LogP contribution < -0.4 is 5.32 Å². The van der Waals surface area contributed by atoms with Crippen molar-refractivity contribution < 1.29 is 13.6 Å². The lowest BCUT2D eigenvalue weighted by Crippen LogP contribution is -2.15. The van der Waals surface area contributed by atoms with E-state index in [0.717, 1.165) is 17.7 Å². The summed E-state index contributed by atoms with van der Waals surface area (Å²) in [6, 6.07) is 9.75. The molecule has 0 spiro atoms. The molecule has 0 radical (unpaired) electrons. The topological polar surface area (TPSA) is 29.1 Å². The lowest BCUT2D eigenvalue weighted by Gasteiger charge is -2.06. The molecule has 0 aliphatic rings. The number of nitrogens with one attached hydrogen (secondary N) is 1. The van der Waals surface area contributed by atoms with Crippen LogP contribution in [0.5, 0.6) is 0 Å². The first-order valence-corrected chi connectivity index (χ1v) is 5.92. The minimum Gasteiger partial charge on any atom is -0.323 e. The maximum atomic E-state index is 13.3. The van der Waals surface area contributed by atoms with Gasteiger partial charge in [-0.2, -0.15) is 0 Å². The van der Waals surface area contributed by atoms with Crippen molar-refractivity contribution in [3.63, 3.8) is 0 Å². The minimum absolute atomic E-state index is 0.0413. The molecule has 0 fully saturated rings. The van der Waals surface area contributed by atoms with Crippen molar-refractivity contribution in [2.24, 2.45) is 0 Å². The van der Waals surface area contributed by atoms with Crippen molar-refractivity contribution in [3.8, 4) is 0 Å². The molecule has 0 aliphatic heterocycles. The maximum absolute atomic E-state index is 13.3. The van der Waals surface area contributed by atoms with E-state index in [4.69, 9.17) is 11.6 Å². The van der Waals surface area contributed by atoms with Gasteiger partial charge in [0.05, 0.1) is 12.1 Å². The van der Waals surface area contributed by atoms with E-state index < -0.39 is 11.6 Å². The van der Waals surface area contributed by atoms with Crippen LogP contribution in [-0.4, -0.2) is 5.91 Å². The molecule has 0 saturated heterocycles. The third-order valence-electron chi connectivity index (χ3n) is 2.48. The van der Waals surface area contributed by atoms with Gasteiger partial charge in [-0.3, -0.25) is 4.79 Å². The Labute approximate surface area is 114 Å². The van der Waals surface area contributed by atoms with Gasteiger partial charge < -0.3 is 5.32 Å². The molecule has 0 unspecified atom stereocenters. The molecule has 1 amide bonds. The number of hydrogen-bond donors (Lipinski definition) is 1. The molecular formula is C14H10ClF2NO. The molecule has 98 valence electrons. The summed E-state index contributed by atoms with van der Waals surface area (Å²) in [5, 5.41) is 2.96. The highest BCUT2D eigenvalue weighted by molar-refractivity contribution is 6.30. The SMILES string of the molecule is O=C(Cc1ccc(Cl)cc1)Nc1ccc(F)cc1F. The Morgan fingerprint density at radius 3 is 2.42 bits per heavy atom. The van der Waals surface area contributed by atoms with Crippen LogP contribution in [0.4, 0.5) is 14.5 Å².